The Morgan fingerprint density at radius 3 is 2.31 bits per heavy atom. The van der Waals surface area contributed by atoms with E-state index in [2.05, 4.69) is 26.1 Å². The van der Waals surface area contributed by atoms with Crippen LogP contribution in [0.15, 0.2) is 0 Å². The fourth-order valence-electron chi connectivity index (χ4n) is 3.70. The highest BCUT2D eigenvalue weighted by molar-refractivity contribution is 4.92. The Morgan fingerprint density at radius 2 is 1.75 bits per heavy atom. The molecule has 0 radical (unpaired) electrons. The molecule has 2 rings (SSSR count). The third-order valence-electron chi connectivity index (χ3n) is 4.29. The van der Waals surface area contributed by atoms with Gasteiger partial charge < -0.3 is 10.1 Å². The minimum atomic E-state index is 0.520. The molecule has 2 unspecified atom stereocenters. The Bertz CT molecular complexity index is 233. The molecule has 0 spiro atoms. The van der Waals surface area contributed by atoms with Crippen molar-refractivity contribution in [2.45, 2.75) is 71.1 Å². The van der Waals surface area contributed by atoms with Gasteiger partial charge in [0.25, 0.3) is 0 Å². The smallest absolute Gasteiger partial charge is 0.0601 e. The van der Waals surface area contributed by atoms with Crippen molar-refractivity contribution in [3.8, 4) is 0 Å². The fourth-order valence-corrected chi connectivity index (χ4v) is 3.70. The Balaban J connectivity index is 1.77. The molecule has 2 aliphatic carbocycles. The van der Waals surface area contributed by atoms with E-state index in [4.69, 9.17) is 4.74 Å². The minimum Gasteiger partial charge on any atom is -0.381 e. The van der Waals surface area contributed by atoms with Crippen molar-refractivity contribution in [3.63, 3.8) is 0 Å². The summed E-state index contributed by atoms with van der Waals surface area (Å²) < 4.78 is 5.33. The molecular formula is C14H27NO. The zero-order chi connectivity index (χ0) is 11.8. The van der Waals surface area contributed by atoms with Gasteiger partial charge in [-0.25, -0.2) is 0 Å². The number of methoxy groups -OCH3 is 1. The number of hydrogen-bond acceptors (Lipinski definition) is 2. The molecule has 0 aromatic carbocycles. The van der Waals surface area contributed by atoms with Crippen molar-refractivity contribution in [1.29, 1.82) is 0 Å². The first-order chi connectivity index (χ1) is 7.48. The van der Waals surface area contributed by atoms with Crippen LogP contribution in [0.4, 0.5) is 0 Å². The van der Waals surface area contributed by atoms with Crippen molar-refractivity contribution in [3.05, 3.63) is 0 Å². The van der Waals surface area contributed by atoms with Crippen LogP contribution in [0.1, 0.15) is 52.9 Å². The first kappa shape index (κ1) is 12.4. The zero-order valence-corrected chi connectivity index (χ0v) is 11.3. The summed E-state index contributed by atoms with van der Waals surface area (Å²) in [5.41, 5.74) is 0.528. The molecule has 2 saturated carbocycles. The van der Waals surface area contributed by atoms with Crippen molar-refractivity contribution in [1.82, 2.24) is 5.32 Å². The fraction of sp³-hybridized carbons (Fsp3) is 1.00. The third-order valence-corrected chi connectivity index (χ3v) is 4.29. The van der Waals surface area contributed by atoms with Crippen LogP contribution in [0.3, 0.4) is 0 Å². The van der Waals surface area contributed by atoms with Crippen LogP contribution in [0.5, 0.6) is 0 Å². The molecular weight excluding hydrogens is 198 g/mol. The average molecular weight is 225 g/mol. The van der Waals surface area contributed by atoms with Crippen LogP contribution in [0, 0.1) is 11.3 Å². The highest BCUT2D eigenvalue weighted by atomic mass is 16.5. The summed E-state index contributed by atoms with van der Waals surface area (Å²) in [5.74, 6) is 0.875. The summed E-state index contributed by atoms with van der Waals surface area (Å²) in [6.07, 6.45) is 7.02. The van der Waals surface area contributed by atoms with Crippen molar-refractivity contribution >= 4 is 0 Å². The molecule has 0 aromatic rings. The summed E-state index contributed by atoms with van der Waals surface area (Å²) in [7, 11) is 1.83. The molecule has 2 nitrogen and oxygen atoms in total. The maximum absolute atomic E-state index is 5.33. The summed E-state index contributed by atoms with van der Waals surface area (Å²) in [6, 6.07) is 1.46. The van der Waals surface area contributed by atoms with Crippen molar-refractivity contribution in [2.75, 3.05) is 7.11 Å². The largest absolute Gasteiger partial charge is 0.381 e. The highest BCUT2D eigenvalue weighted by Crippen LogP contribution is 2.39. The predicted octanol–water partition coefficient (Wildman–Crippen LogP) is 2.97. The monoisotopic (exact) mass is 225 g/mol. The molecule has 0 aromatic heterocycles. The van der Waals surface area contributed by atoms with E-state index in [-0.39, 0.29) is 0 Å². The molecule has 1 N–H and O–H groups in total. The number of hydrogen-bond donors (Lipinski definition) is 1. The van der Waals surface area contributed by atoms with Gasteiger partial charge in [0.05, 0.1) is 6.10 Å². The lowest BCUT2D eigenvalue weighted by atomic mass is 9.70. The maximum Gasteiger partial charge on any atom is 0.0601 e. The van der Waals surface area contributed by atoms with Gasteiger partial charge in [-0.2, -0.15) is 0 Å². The van der Waals surface area contributed by atoms with Crippen LogP contribution in [0.2, 0.25) is 0 Å². The van der Waals surface area contributed by atoms with Gasteiger partial charge in [0.1, 0.15) is 0 Å². The Hall–Kier alpha value is -0.0800. The standard InChI is InChI=1S/C14H27NO/c1-10-5-12(9-14(2,3)8-10)15-11-6-13(7-11)16-4/h10-13,15H,5-9H2,1-4H3. The van der Waals surface area contributed by atoms with Crippen molar-refractivity contribution < 1.29 is 4.74 Å². The summed E-state index contributed by atoms with van der Waals surface area (Å²) in [6.45, 7) is 7.22. The van der Waals surface area contributed by atoms with E-state index in [1.807, 2.05) is 7.11 Å². The Kier molecular flexibility index (Phi) is 3.60. The van der Waals surface area contributed by atoms with Gasteiger partial charge >= 0.3 is 0 Å². The van der Waals surface area contributed by atoms with Gasteiger partial charge in [-0.15, -0.1) is 0 Å². The van der Waals surface area contributed by atoms with Crippen LogP contribution in [0.25, 0.3) is 0 Å². The van der Waals surface area contributed by atoms with E-state index in [9.17, 15) is 0 Å². The quantitative estimate of drug-likeness (QED) is 0.797. The normalized spacial score (nSPS) is 42.8. The molecule has 2 aliphatic rings. The number of nitrogens with one attached hydrogen (secondary N) is 1. The lowest BCUT2D eigenvalue weighted by Gasteiger charge is -2.44. The van der Waals surface area contributed by atoms with E-state index >= 15 is 0 Å². The molecule has 94 valence electrons. The number of ether oxygens (including phenoxy) is 1. The van der Waals surface area contributed by atoms with E-state index in [0.29, 0.717) is 11.5 Å². The van der Waals surface area contributed by atoms with Gasteiger partial charge in [-0.1, -0.05) is 20.8 Å². The average Bonchev–Trinajstić information content (AvgIpc) is 2.06. The maximum atomic E-state index is 5.33. The molecule has 16 heavy (non-hydrogen) atoms. The van der Waals surface area contributed by atoms with E-state index in [1.54, 1.807) is 0 Å². The molecule has 2 fully saturated rings. The molecule has 0 amide bonds. The van der Waals surface area contributed by atoms with Crippen LogP contribution >= 0.6 is 0 Å². The molecule has 2 atom stereocenters. The highest BCUT2D eigenvalue weighted by Gasteiger charge is 2.36. The predicted molar refractivity (Wildman–Crippen MR) is 67.5 cm³/mol. The lowest BCUT2D eigenvalue weighted by Crippen LogP contribution is -2.51. The lowest BCUT2D eigenvalue weighted by molar-refractivity contribution is 0.00821. The second kappa shape index (κ2) is 4.66. The topological polar surface area (TPSA) is 21.3 Å². The third kappa shape index (κ3) is 2.98. The molecule has 0 bridgehead atoms. The Labute approximate surface area is 100 Å². The van der Waals surface area contributed by atoms with Gasteiger partial charge in [0.2, 0.25) is 0 Å². The zero-order valence-electron chi connectivity index (χ0n) is 11.3. The summed E-state index contributed by atoms with van der Waals surface area (Å²) in [4.78, 5) is 0. The SMILES string of the molecule is COC1CC(NC2CC(C)CC(C)(C)C2)C1. The first-order valence-electron chi connectivity index (χ1n) is 6.77. The van der Waals surface area contributed by atoms with E-state index in [0.717, 1.165) is 18.0 Å². The van der Waals surface area contributed by atoms with Crippen LogP contribution in [-0.2, 0) is 4.74 Å². The summed E-state index contributed by atoms with van der Waals surface area (Å²) >= 11 is 0. The molecule has 0 heterocycles. The second-order valence-electron chi connectivity index (χ2n) is 6.80. The first-order valence-corrected chi connectivity index (χ1v) is 6.77. The van der Waals surface area contributed by atoms with Crippen molar-refractivity contribution in [2.24, 2.45) is 11.3 Å². The number of rotatable bonds is 3. The molecule has 2 heteroatoms. The van der Waals surface area contributed by atoms with Gasteiger partial charge in [0.15, 0.2) is 0 Å². The van der Waals surface area contributed by atoms with Crippen LogP contribution < -0.4 is 5.32 Å². The van der Waals surface area contributed by atoms with E-state index < -0.39 is 0 Å². The Morgan fingerprint density at radius 1 is 1.06 bits per heavy atom. The molecule has 0 aliphatic heterocycles. The van der Waals surface area contributed by atoms with Gasteiger partial charge in [0, 0.05) is 19.2 Å². The minimum absolute atomic E-state index is 0.520. The second-order valence-corrected chi connectivity index (χ2v) is 6.80. The van der Waals surface area contributed by atoms with Crippen LogP contribution in [-0.4, -0.2) is 25.3 Å². The molecule has 0 saturated heterocycles. The summed E-state index contributed by atoms with van der Waals surface area (Å²) in [5, 5.41) is 3.83. The van der Waals surface area contributed by atoms with Gasteiger partial charge in [-0.3, -0.25) is 0 Å². The van der Waals surface area contributed by atoms with Gasteiger partial charge in [-0.05, 0) is 43.4 Å². The van der Waals surface area contributed by atoms with E-state index in [1.165, 1.54) is 32.1 Å².